The molecule has 0 unspecified atom stereocenters. The van der Waals surface area contributed by atoms with Crippen LogP contribution < -0.4 is 0 Å². The van der Waals surface area contributed by atoms with E-state index in [0.717, 1.165) is 0 Å². The molecule has 1 aromatic heterocycles. The first-order chi connectivity index (χ1) is 5.41. The zero-order valence-electron chi connectivity index (χ0n) is 6.87. The van der Waals surface area contributed by atoms with Gasteiger partial charge in [-0.1, -0.05) is 0 Å². The second kappa shape index (κ2) is 3.03. The monoisotopic (exact) mass is 231 g/mol. The van der Waals surface area contributed by atoms with E-state index in [2.05, 4.69) is 20.9 Å². The first-order valence-corrected chi connectivity index (χ1v) is 4.28. The minimum absolute atomic E-state index is 0.00289. The summed E-state index contributed by atoms with van der Waals surface area (Å²) in [6, 6.07) is 1.50. The lowest BCUT2D eigenvalue weighted by Gasteiger charge is -2.17. The SMILES string of the molecule is CC(C)(O)c1ncc(Br)cc1O. The number of aliphatic hydroxyl groups is 1. The van der Waals surface area contributed by atoms with Gasteiger partial charge >= 0.3 is 0 Å². The van der Waals surface area contributed by atoms with Gasteiger partial charge in [0.15, 0.2) is 0 Å². The predicted octanol–water partition coefficient (Wildman–Crippen LogP) is 1.78. The Morgan fingerprint density at radius 3 is 2.50 bits per heavy atom. The molecular formula is C8H10BrNO2. The van der Waals surface area contributed by atoms with E-state index in [-0.39, 0.29) is 11.4 Å². The molecule has 0 amide bonds. The topological polar surface area (TPSA) is 53.4 Å². The van der Waals surface area contributed by atoms with Gasteiger partial charge in [-0.25, -0.2) is 0 Å². The van der Waals surface area contributed by atoms with Crippen LogP contribution in [0.25, 0.3) is 0 Å². The maximum Gasteiger partial charge on any atom is 0.141 e. The molecule has 0 aliphatic heterocycles. The maximum atomic E-state index is 9.52. The highest BCUT2D eigenvalue weighted by atomic mass is 79.9. The van der Waals surface area contributed by atoms with Gasteiger partial charge in [0.1, 0.15) is 17.0 Å². The van der Waals surface area contributed by atoms with Crippen molar-refractivity contribution in [3.05, 3.63) is 22.4 Å². The summed E-state index contributed by atoms with van der Waals surface area (Å²) < 4.78 is 0.688. The summed E-state index contributed by atoms with van der Waals surface area (Å²) in [5.74, 6) is -0.00289. The molecule has 0 saturated heterocycles. The van der Waals surface area contributed by atoms with Crippen molar-refractivity contribution in [1.82, 2.24) is 4.98 Å². The molecule has 0 atom stereocenters. The number of rotatable bonds is 1. The van der Waals surface area contributed by atoms with Gasteiger partial charge in [-0.05, 0) is 35.8 Å². The molecule has 0 fully saturated rings. The number of pyridine rings is 1. The Labute approximate surface area is 79.2 Å². The lowest BCUT2D eigenvalue weighted by molar-refractivity contribution is 0.0708. The van der Waals surface area contributed by atoms with Crippen LogP contribution >= 0.6 is 15.9 Å². The van der Waals surface area contributed by atoms with E-state index in [1.54, 1.807) is 13.8 Å². The Bertz CT molecular complexity index is 294. The van der Waals surface area contributed by atoms with E-state index < -0.39 is 5.60 Å². The second-order valence-electron chi connectivity index (χ2n) is 3.08. The second-order valence-corrected chi connectivity index (χ2v) is 4.00. The van der Waals surface area contributed by atoms with Crippen molar-refractivity contribution in [3.8, 4) is 5.75 Å². The fourth-order valence-electron chi connectivity index (χ4n) is 0.900. The van der Waals surface area contributed by atoms with Crippen LogP contribution in [0.4, 0.5) is 0 Å². The largest absolute Gasteiger partial charge is 0.506 e. The van der Waals surface area contributed by atoms with Gasteiger partial charge in [-0.2, -0.15) is 0 Å². The molecular weight excluding hydrogens is 222 g/mol. The van der Waals surface area contributed by atoms with Gasteiger partial charge < -0.3 is 10.2 Å². The number of aromatic hydroxyl groups is 1. The summed E-state index contributed by atoms with van der Waals surface area (Å²) in [5, 5.41) is 18.9. The lowest BCUT2D eigenvalue weighted by Crippen LogP contribution is -2.17. The van der Waals surface area contributed by atoms with Crippen LogP contribution in [0.15, 0.2) is 16.7 Å². The Morgan fingerprint density at radius 2 is 2.08 bits per heavy atom. The Hall–Kier alpha value is -0.610. The molecule has 1 rings (SSSR count). The van der Waals surface area contributed by atoms with Crippen molar-refractivity contribution in [2.75, 3.05) is 0 Å². The van der Waals surface area contributed by atoms with Gasteiger partial charge in [0, 0.05) is 10.7 Å². The van der Waals surface area contributed by atoms with Crippen molar-refractivity contribution in [1.29, 1.82) is 0 Å². The summed E-state index contributed by atoms with van der Waals surface area (Å²) in [6.45, 7) is 3.14. The number of halogens is 1. The average molecular weight is 232 g/mol. The summed E-state index contributed by atoms with van der Waals surface area (Å²) in [6.07, 6.45) is 1.53. The molecule has 2 N–H and O–H groups in total. The predicted molar refractivity (Wildman–Crippen MR) is 48.8 cm³/mol. The van der Waals surface area contributed by atoms with E-state index in [1.807, 2.05) is 0 Å². The Balaban J connectivity index is 3.19. The van der Waals surface area contributed by atoms with Crippen LogP contribution in [0.5, 0.6) is 5.75 Å². The highest BCUT2D eigenvalue weighted by Gasteiger charge is 2.21. The first kappa shape index (κ1) is 9.48. The summed E-state index contributed by atoms with van der Waals surface area (Å²) in [5.41, 5.74) is -0.823. The minimum atomic E-state index is -1.11. The summed E-state index contributed by atoms with van der Waals surface area (Å²) in [4.78, 5) is 3.90. The standard InChI is InChI=1S/C8H10BrNO2/c1-8(2,12)7-6(11)3-5(9)4-10-7/h3-4,11-12H,1-2H3. The minimum Gasteiger partial charge on any atom is -0.506 e. The zero-order chi connectivity index (χ0) is 9.35. The smallest absolute Gasteiger partial charge is 0.141 e. The van der Waals surface area contributed by atoms with E-state index in [0.29, 0.717) is 4.47 Å². The van der Waals surface area contributed by atoms with E-state index in [4.69, 9.17) is 0 Å². The number of hydrogen-bond donors (Lipinski definition) is 2. The average Bonchev–Trinajstić information content (AvgIpc) is 1.83. The molecule has 0 radical (unpaired) electrons. The third kappa shape index (κ3) is 1.95. The highest BCUT2D eigenvalue weighted by molar-refractivity contribution is 9.10. The lowest BCUT2D eigenvalue weighted by atomic mass is 10.0. The van der Waals surface area contributed by atoms with Crippen molar-refractivity contribution in [2.45, 2.75) is 19.4 Å². The summed E-state index contributed by atoms with van der Waals surface area (Å²) in [7, 11) is 0. The van der Waals surface area contributed by atoms with Crippen LogP contribution in [-0.2, 0) is 5.60 Å². The normalized spacial score (nSPS) is 11.7. The molecule has 12 heavy (non-hydrogen) atoms. The fourth-order valence-corrected chi connectivity index (χ4v) is 1.22. The molecule has 0 bridgehead atoms. The van der Waals surface area contributed by atoms with Crippen LogP contribution in [0.1, 0.15) is 19.5 Å². The van der Waals surface area contributed by atoms with Crippen molar-refractivity contribution >= 4 is 15.9 Å². The van der Waals surface area contributed by atoms with Gasteiger partial charge in [0.2, 0.25) is 0 Å². The van der Waals surface area contributed by atoms with Crippen molar-refractivity contribution < 1.29 is 10.2 Å². The molecule has 3 nitrogen and oxygen atoms in total. The molecule has 1 heterocycles. The third-order valence-corrected chi connectivity index (χ3v) is 1.85. The van der Waals surface area contributed by atoms with Crippen LogP contribution in [-0.4, -0.2) is 15.2 Å². The van der Waals surface area contributed by atoms with Gasteiger partial charge in [0.25, 0.3) is 0 Å². The quantitative estimate of drug-likeness (QED) is 0.775. The first-order valence-electron chi connectivity index (χ1n) is 3.48. The maximum absolute atomic E-state index is 9.52. The molecule has 0 aliphatic rings. The number of nitrogens with zero attached hydrogens (tertiary/aromatic N) is 1. The molecule has 0 saturated carbocycles. The highest BCUT2D eigenvalue weighted by Crippen LogP contribution is 2.28. The van der Waals surface area contributed by atoms with Gasteiger partial charge in [-0.3, -0.25) is 4.98 Å². The molecule has 4 heteroatoms. The molecule has 0 spiro atoms. The van der Waals surface area contributed by atoms with Crippen molar-refractivity contribution in [3.63, 3.8) is 0 Å². The molecule has 66 valence electrons. The Kier molecular flexibility index (Phi) is 2.39. The van der Waals surface area contributed by atoms with Gasteiger partial charge in [-0.15, -0.1) is 0 Å². The van der Waals surface area contributed by atoms with E-state index in [9.17, 15) is 10.2 Å². The zero-order valence-corrected chi connectivity index (χ0v) is 8.46. The fraction of sp³-hybridized carbons (Fsp3) is 0.375. The summed E-state index contributed by atoms with van der Waals surface area (Å²) >= 11 is 3.16. The third-order valence-electron chi connectivity index (χ3n) is 1.41. The van der Waals surface area contributed by atoms with E-state index >= 15 is 0 Å². The van der Waals surface area contributed by atoms with Gasteiger partial charge in [0.05, 0.1) is 0 Å². The Morgan fingerprint density at radius 1 is 1.50 bits per heavy atom. The molecule has 0 aliphatic carbocycles. The van der Waals surface area contributed by atoms with Crippen LogP contribution in [0.3, 0.4) is 0 Å². The molecule has 1 aromatic rings. The number of hydrogen-bond acceptors (Lipinski definition) is 3. The van der Waals surface area contributed by atoms with Crippen molar-refractivity contribution in [2.24, 2.45) is 0 Å². The van der Waals surface area contributed by atoms with Crippen LogP contribution in [0.2, 0.25) is 0 Å². The molecule has 0 aromatic carbocycles. The number of aromatic nitrogens is 1. The van der Waals surface area contributed by atoms with Crippen LogP contribution in [0, 0.1) is 0 Å². The van der Waals surface area contributed by atoms with E-state index in [1.165, 1.54) is 12.3 Å².